The Morgan fingerprint density at radius 1 is 0.360 bits per heavy atom. The maximum atomic E-state index is 6.38. The van der Waals surface area contributed by atoms with Crippen molar-refractivity contribution in [3.05, 3.63) is 0 Å². The maximum Gasteiger partial charge on any atom is 0.678 e. The van der Waals surface area contributed by atoms with Crippen LogP contribution in [-0.4, -0.2) is 66.3 Å². The first-order chi connectivity index (χ1) is 10.8. The zero-order valence-corrected chi connectivity index (χ0v) is 24.0. The summed E-state index contributed by atoms with van der Waals surface area (Å²) < 4.78 is 25.5. The summed E-state index contributed by atoms with van der Waals surface area (Å²) in [7, 11) is -8.64. The zero-order chi connectivity index (χ0) is 20.2. The van der Waals surface area contributed by atoms with Crippen LogP contribution in [-0.2, 0) is 17.7 Å². The highest BCUT2D eigenvalue weighted by molar-refractivity contribution is 6.79. The Balaban J connectivity index is 5.41. The van der Waals surface area contributed by atoms with Gasteiger partial charge < -0.3 is 17.7 Å². The van der Waals surface area contributed by atoms with Crippen LogP contribution >= 0.6 is 0 Å². The minimum Gasteiger partial charge on any atom is -0.355 e. The first-order valence-electron chi connectivity index (χ1n) is 9.39. The lowest BCUT2D eigenvalue weighted by Gasteiger charge is -2.35. The lowest BCUT2D eigenvalue weighted by atomic mass is 11.7. The molecule has 0 aromatic heterocycles. The van der Waals surface area contributed by atoms with Crippen LogP contribution < -0.4 is 0 Å². The van der Waals surface area contributed by atoms with Crippen molar-refractivity contribution in [1.29, 1.82) is 0 Å². The van der Waals surface area contributed by atoms with Gasteiger partial charge >= 0.3 is 9.05 Å². The highest BCUT2D eigenvalue weighted by Gasteiger charge is 2.49. The van der Waals surface area contributed by atoms with Gasteiger partial charge in [0.2, 0.25) is 0 Å². The molecule has 0 amide bonds. The fraction of sp³-hybridized carbons (Fsp3) is 1.00. The Morgan fingerprint density at radius 3 is 0.640 bits per heavy atom. The van der Waals surface area contributed by atoms with Crippen molar-refractivity contribution in [2.75, 3.05) is 24.9 Å². The van der Waals surface area contributed by atoms with Crippen LogP contribution in [0.5, 0.6) is 0 Å². The van der Waals surface area contributed by atoms with Gasteiger partial charge in [0.1, 0.15) is 0 Å². The SMILES string of the molecule is C[Si](C)(C)CO[Si](OC[Si](C)(C)C)(OC[Si](C)(C)C)OC[Si](C)(C)C. The molecule has 152 valence electrons. The second-order valence-corrected chi connectivity index (χ2v) is 35.7. The summed E-state index contributed by atoms with van der Waals surface area (Å²) in [5.41, 5.74) is 0. The summed E-state index contributed by atoms with van der Waals surface area (Å²) in [5, 5.41) is 0. The van der Waals surface area contributed by atoms with Crippen LogP contribution in [0.25, 0.3) is 0 Å². The Bertz CT molecular complexity index is 314. The van der Waals surface area contributed by atoms with Gasteiger partial charge in [0.15, 0.2) is 0 Å². The predicted octanol–water partition coefficient (Wildman–Crippen LogP) is 5.00. The lowest BCUT2D eigenvalue weighted by Crippen LogP contribution is -2.57. The van der Waals surface area contributed by atoms with E-state index in [4.69, 9.17) is 17.7 Å². The normalized spacial score (nSPS) is 14.9. The van der Waals surface area contributed by atoms with Crippen molar-refractivity contribution in [1.82, 2.24) is 0 Å². The second kappa shape index (κ2) is 9.42. The van der Waals surface area contributed by atoms with Gasteiger partial charge in [0.05, 0.1) is 32.3 Å². The minimum atomic E-state index is -3.10. The molecule has 0 bridgehead atoms. The summed E-state index contributed by atoms with van der Waals surface area (Å²) in [6.07, 6.45) is 2.90. The van der Waals surface area contributed by atoms with Gasteiger partial charge in [-0.15, -0.1) is 0 Å². The van der Waals surface area contributed by atoms with Gasteiger partial charge in [-0.3, -0.25) is 0 Å². The molecule has 0 N–H and O–H groups in total. The van der Waals surface area contributed by atoms with Crippen molar-refractivity contribution in [2.24, 2.45) is 0 Å². The van der Waals surface area contributed by atoms with Crippen LogP contribution in [0, 0.1) is 0 Å². The fourth-order valence-corrected chi connectivity index (χ4v) is 11.7. The largest absolute Gasteiger partial charge is 0.678 e. The molecular weight excluding hydrogens is 397 g/mol. The highest BCUT2D eigenvalue weighted by Crippen LogP contribution is 2.20. The smallest absolute Gasteiger partial charge is 0.355 e. The van der Waals surface area contributed by atoms with E-state index in [1.807, 2.05) is 0 Å². The summed E-state index contributed by atoms with van der Waals surface area (Å²) >= 11 is 0. The van der Waals surface area contributed by atoms with Gasteiger partial charge in [0.25, 0.3) is 0 Å². The highest BCUT2D eigenvalue weighted by atomic mass is 28.4. The van der Waals surface area contributed by atoms with Crippen molar-refractivity contribution < 1.29 is 17.7 Å². The quantitative estimate of drug-likeness (QED) is 0.400. The standard InChI is InChI=1S/C16H44O4Si5/c1-21(2,3)13-17-25(18-14-22(4,5)6,19-15-23(7,8)9)20-16-24(10,11)12/h13-16H2,1-12H3. The number of hydrogen-bond acceptors (Lipinski definition) is 4. The van der Waals surface area contributed by atoms with Crippen LogP contribution in [0.1, 0.15) is 0 Å². The van der Waals surface area contributed by atoms with Gasteiger partial charge in [0, 0.05) is 24.9 Å². The number of hydrogen-bond donors (Lipinski definition) is 0. The molecule has 0 radical (unpaired) electrons. The average Bonchev–Trinajstić information content (AvgIpc) is 2.33. The molecule has 25 heavy (non-hydrogen) atoms. The van der Waals surface area contributed by atoms with Gasteiger partial charge in [-0.2, -0.15) is 0 Å². The lowest BCUT2D eigenvalue weighted by molar-refractivity contribution is -0.00200. The van der Waals surface area contributed by atoms with Crippen LogP contribution in [0.15, 0.2) is 0 Å². The molecule has 0 aromatic rings. The van der Waals surface area contributed by atoms with Crippen molar-refractivity contribution in [3.8, 4) is 0 Å². The van der Waals surface area contributed by atoms with Crippen LogP contribution in [0.4, 0.5) is 0 Å². The Hall–Kier alpha value is 0.924. The van der Waals surface area contributed by atoms with E-state index in [-0.39, 0.29) is 0 Å². The van der Waals surface area contributed by atoms with E-state index in [1.54, 1.807) is 0 Å². The van der Waals surface area contributed by atoms with Crippen molar-refractivity contribution >= 4 is 41.3 Å². The molecule has 0 aliphatic rings. The molecule has 0 fully saturated rings. The topological polar surface area (TPSA) is 36.9 Å². The first kappa shape index (κ1) is 25.9. The molecule has 0 aromatic carbocycles. The molecule has 0 aliphatic heterocycles. The molecule has 0 unspecified atom stereocenters. The Labute approximate surface area is 162 Å². The molecule has 0 aliphatic carbocycles. The first-order valence-corrected chi connectivity index (χ1v) is 25.8. The third kappa shape index (κ3) is 15.7. The molecule has 0 atom stereocenters. The van der Waals surface area contributed by atoms with Crippen LogP contribution in [0.2, 0.25) is 78.6 Å². The summed E-state index contributed by atoms with van der Waals surface area (Å²) in [6.45, 7) is 27.7. The fourth-order valence-electron chi connectivity index (χ4n) is 1.47. The van der Waals surface area contributed by atoms with E-state index < -0.39 is 41.3 Å². The summed E-state index contributed by atoms with van der Waals surface area (Å²) in [4.78, 5) is 0. The van der Waals surface area contributed by atoms with Gasteiger partial charge in [-0.05, 0) is 0 Å². The molecular formula is C16H44O4Si5. The van der Waals surface area contributed by atoms with E-state index in [0.29, 0.717) is 0 Å². The number of rotatable bonds is 12. The molecule has 0 heterocycles. The van der Waals surface area contributed by atoms with Crippen molar-refractivity contribution in [3.63, 3.8) is 0 Å². The third-order valence-electron chi connectivity index (χ3n) is 2.73. The molecule has 9 heteroatoms. The Kier molecular flexibility index (Phi) is 9.76. The van der Waals surface area contributed by atoms with E-state index >= 15 is 0 Å². The minimum absolute atomic E-state index is 0.725. The second-order valence-electron chi connectivity index (χ2n) is 11.9. The van der Waals surface area contributed by atoms with E-state index in [9.17, 15) is 0 Å². The van der Waals surface area contributed by atoms with Gasteiger partial charge in [-0.25, -0.2) is 0 Å². The third-order valence-corrected chi connectivity index (χ3v) is 9.92. The van der Waals surface area contributed by atoms with E-state index in [2.05, 4.69) is 78.6 Å². The monoisotopic (exact) mass is 440 g/mol. The molecule has 0 spiro atoms. The van der Waals surface area contributed by atoms with Crippen LogP contribution in [0.3, 0.4) is 0 Å². The van der Waals surface area contributed by atoms with Gasteiger partial charge in [-0.1, -0.05) is 78.6 Å². The molecule has 4 nitrogen and oxygen atoms in total. The zero-order valence-electron chi connectivity index (χ0n) is 19.0. The average molecular weight is 441 g/mol. The summed E-state index contributed by atoms with van der Waals surface area (Å²) in [6, 6.07) is 0. The molecule has 0 saturated heterocycles. The molecule has 0 saturated carbocycles. The van der Waals surface area contributed by atoms with E-state index in [1.165, 1.54) is 0 Å². The molecule has 0 rings (SSSR count). The van der Waals surface area contributed by atoms with E-state index in [0.717, 1.165) is 24.9 Å². The predicted molar refractivity (Wildman–Crippen MR) is 123 cm³/mol. The maximum absolute atomic E-state index is 6.38. The Morgan fingerprint density at radius 2 is 0.520 bits per heavy atom. The summed E-state index contributed by atoms with van der Waals surface area (Å²) in [5.74, 6) is 0. The van der Waals surface area contributed by atoms with Crippen molar-refractivity contribution in [2.45, 2.75) is 78.6 Å².